The molecule has 3 rings (SSSR count). The van der Waals surface area contributed by atoms with Gasteiger partial charge < -0.3 is 10.6 Å². The fourth-order valence-corrected chi connectivity index (χ4v) is 1.64. The highest BCUT2D eigenvalue weighted by Crippen LogP contribution is 2.25. The Morgan fingerprint density at radius 1 is 1.28 bits per heavy atom. The zero-order chi connectivity index (χ0) is 12.4. The zero-order valence-corrected chi connectivity index (χ0v) is 10.2. The molecule has 0 aromatic carbocycles. The minimum atomic E-state index is 0.588. The summed E-state index contributed by atoms with van der Waals surface area (Å²) in [6.07, 6.45) is 7.78. The summed E-state index contributed by atoms with van der Waals surface area (Å²) < 4.78 is 0. The minimum Gasteiger partial charge on any atom is -0.367 e. The highest BCUT2D eigenvalue weighted by Gasteiger charge is 2.22. The van der Waals surface area contributed by atoms with E-state index in [2.05, 4.69) is 25.6 Å². The molecule has 2 heterocycles. The Morgan fingerprint density at radius 2 is 2.17 bits per heavy atom. The van der Waals surface area contributed by atoms with Crippen molar-refractivity contribution in [2.45, 2.75) is 25.8 Å². The van der Waals surface area contributed by atoms with Crippen molar-refractivity contribution in [3.05, 3.63) is 36.3 Å². The van der Waals surface area contributed by atoms with E-state index in [1.165, 1.54) is 12.8 Å². The maximum Gasteiger partial charge on any atom is 0.229 e. The van der Waals surface area contributed by atoms with Gasteiger partial charge in [-0.3, -0.25) is 4.98 Å². The SMILES string of the molecule is Cc1cnc(Nc2cccnc2)nc1NC1CC1. The standard InChI is InChI=1S/C13H15N5/c1-9-7-15-13(17-11-3-2-6-14-8-11)18-12(9)16-10-4-5-10/h2-3,6-8,10H,4-5H2,1H3,(H2,15,16,17,18). The van der Waals surface area contributed by atoms with E-state index in [0.29, 0.717) is 12.0 Å². The van der Waals surface area contributed by atoms with E-state index < -0.39 is 0 Å². The van der Waals surface area contributed by atoms with Gasteiger partial charge in [-0.25, -0.2) is 4.98 Å². The second kappa shape index (κ2) is 4.60. The topological polar surface area (TPSA) is 62.7 Å². The van der Waals surface area contributed by atoms with Crippen LogP contribution in [0.2, 0.25) is 0 Å². The van der Waals surface area contributed by atoms with E-state index in [1.807, 2.05) is 25.3 Å². The van der Waals surface area contributed by atoms with E-state index in [4.69, 9.17) is 0 Å². The minimum absolute atomic E-state index is 0.588. The average Bonchev–Trinajstić information content (AvgIpc) is 3.19. The number of rotatable bonds is 4. The Hall–Kier alpha value is -2.17. The predicted octanol–water partition coefficient (Wildman–Crippen LogP) is 2.50. The summed E-state index contributed by atoms with van der Waals surface area (Å²) in [6, 6.07) is 4.40. The van der Waals surface area contributed by atoms with Crippen LogP contribution in [0.5, 0.6) is 0 Å². The largest absolute Gasteiger partial charge is 0.367 e. The molecule has 0 saturated heterocycles. The molecule has 0 spiro atoms. The molecule has 2 aromatic rings. The molecule has 0 amide bonds. The summed E-state index contributed by atoms with van der Waals surface area (Å²) in [5.41, 5.74) is 1.96. The highest BCUT2D eigenvalue weighted by atomic mass is 15.2. The number of anilines is 3. The number of pyridine rings is 1. The van der Waals surface area contributed by atoms with Gasteiger partial charge in [-0.05, 0) is 31.9 Å². The van der Waals surface area contributed by atoms with Gasteiger partial charge in [0.1, 0.15) is 5.82 Å². The quantitative estimate of drug-likeness (QED) is 0.861. The lowest BCUT2D eigenvalue weighted by molar-refractivity contribution is 1.06. The van der Waals surface area contributed by atoms with Crippen LogP contribution in [0, 0.1) is 6.92 Å². The van der Waals surface area contributed by atoms with Gasteiger partial charge in [-0.15, -0.1) is 0 Å². The molecule has 92 valence electrons. The summed E-state index contributed by atoms with van der Waals surface area (Å²) in [7, 11) is 0. The lowest BCUT2D eigenvalue weighted by Crippen LogP contribution is -2.07. The van der Waals surface area contributed by atoms with E-state index >= 15 is 0 Å². The summed E-state index contributed by atoms with van der Waals surface area (Å²) in [4.78, 5) is 12.8. The third-order valence-corrected chi connectivity index (χ3v) is 2.81. The van der Waals surface area contributed by atoms with Crippen molar-refractivity contribution in [2.24, 2.45) is 0 Å². The van der Waals surface area contributed by atoms with Gasteiger partial charge >= 0.3 is 0 Å². The van der Waals surface area contributed by atoms with Crippen LogP contribution in [0.1, 0.15) is 18.4 Å². The van der Waals surface area contributed by atoms with Gasteiger partial charge in [0.25, 0.3) is 0 Å². The number of aryl methyl sites for hydroxylation is 1. The first-order valence-corrected chi connectivity index (χ1v) is 6.08. The molecule has 5 heteroatoms. The number of hydrogen-bond donors (Lipinski definition) is 2. The van der Waals surface area contributed by atoms with Crippen LogP contribution in [0.3, 0.4) is 0 Å². The van der Waals surface area contributed by atoms with Crippen LogP contribution in [-0.2, 0) is 0 Å². The molecule has 5 nitrogen and oxygen atoms in total. The van der Waals surface area contributed by atoms with Gasteiger partial charge in [-0.1, -0.05) is 0 Å². The van der Waals surface area contributed by atoms with Crippen LogP contribution in [0.4, 0.5) is 17.5 Å². The summed E-state index contributed by atoms with van der Waals surface area (Å²) in [5.74, 6) is 1.51. The number of nitrogens with one attached hydrogen (secondary N) is 2. The van der Waals surface area contributed by atoms with Gasteiger partial charge in [0.15, 0.2) is 0 Å². The van der Waals surface area contributed by atoms with E-state index in [-0.39, 0.29) is 0 Å². The first-order valence-electron chi connectivity index (χ1n) is 6.08. The normalized spacial score (nSPS) is 14.3. The Labute approximate surface area is 106 Å². The van der Waals surface area contributed by atoms with Crippen molar-refractivity contribution < 1.29 is 0 Å². The fourth-order valence-electron chi connectivity index (χ4n) is 1.64. The van der Waals surface area contributed by atoms with Crippen LogP contribution >= 0.6 is 0 Å². The lowest BCUT2D eigenvalue weighted by Gasteiger charge is -2.09. The summed E-state index contributed by atoms with van der Waals surface area (Å²) in [6.45, 7) is 2.01. The third kappa shape index (κ3) is 2.56. The van der Waals surface area contributed by atoms with E-state index in [0.717, 1.165) is 17.1 Å². The van der Waals surface area contributed by atoms with Crippen molar-refractivity contribution in [3.8, 4) is 0 Å². The fraction of sp³-hybridized carbons (Fsp3) is 0.308. The van der Waals surface area contributed by atoms with Crippen LogP contribution in [0.15, 0.2) is 30.7 Å². The Morgan fingerprint density at radius 3 is 2.89 bits per heavy atom. The predicted molar refractivity (Wildman–Crippen MR) is 70.9 cm³/mol. The molecule has 0 radical (unpaired) electrons. The maximum absolute atomic E-state index is 4.49. The lowest BCUT2D eigenvalue weighted by atomic mass is 10.3. The van der Waals surface area contributed by atoms with E-state index in [1.54, 1.807) is 12.4 Å². The van der Waals surface area contributed by atoms with Crippen molar-refractivity contribution >= 4 is 17.5 Å². The van der Waals surface area contributed by atoms with Crippen LogP contribution < -0.4 is 10.6 Å². The smallest absolute Gasteiger partial charge is 0.229 e. The van der Waals surface area contributed by atoms with Gasteiger partial charge in [-0.2, -0.15) is 4.98 Å². The Balaban J connectivity index is 1.79. The molecule has 1 fully saturated rings. The van der Waals surface area contributed by atoms with Gasteiger partial charge in [0.2, 0.25) is 5.95 Å². The summed E-state index contributed by atoms with van der Waals surface area (Å²) in [5, 5.41) is 6.54. The Kier molecular flexibility index (Phi) is 2.80. The molecular formula is C13H15N5. The molecule has 2 aromatic heterocycles. The maximum atomic E-state index is 4.49. The van der Waals surface area contributed by atoms with Crippen molar-refractivity contribution in [1.82, 2.24) is 15.0 Å². The van der Waals surface area contributed by atoms with Gasteiger partial charge in [0, 0.05) is 24.0 Å². The molecule has 0 bridgehead atoms. The number of aromatic nitrogens is 3. The van der Waals surface area contributed by atoms with Crippen LogP contribution in [0.25, 0.3) is 0 Å². The third-order valence-electron chi connectivity index (χ3n) is 2.81. The second-order valence-corrected chi connectivity index (χ2v) is 4.51. The zero-order valence-electron chi connectivity index (χ0n) is 10.2. The number of nitrogens with zero attached hydrogens (tertiary/aromatic N) is 3. The van der Waals surface area contributed by atoms with Crippen molar-refractivity contribution in [1.29, 1.82) is 0 Å². The Bertz CT molecular complexity index is 536. The van der Waals surface area contributed by atoms with E-state index in [9.17, 15) is 0 Å². The molecule has 2 N–H and O–H groups in total. The molecule has 0 atom stereocenters. The van der Waals surface area contributed by atoms with Crippen molar-refractivity contribution in [3.63, 3.8) is 0 Å². The monoisotopic (exact) mass is 241 g/mol. The molecule has 0 aliphatic heterocycles. The average molecular weight is 241 g/mol. The van der Waals surface area contributed by atoms with Crippen LogP contribution in [-0.4, -0.2) is 21.0 Å². The molecule has 0 unspecified atom stereocenters. The molecule has 1 aliphatic rings. The molecule has 1 aliphatic carbocycles. The second-order valence-electron chi connectivity index (χ2n) is 4.51. The number of hydrogen-bond acceptors (Lipinski definition) is 5. The first-order chi connectivity index (χ1) is 8.81. The molecular weight excluding hydrogens is 226 g/mol. The highest BCUT2D eigenvalue weighted by molar-refractivity contribution is 5.55. The summed E-state index contributed by atoms with van der Waals surface area (Å²) >= 11 is 0. The van der Waals surface area contributed by atoms with Crippen molar-refractivity contribution in [2.75, 3.05) is 10.6 Å². The first kappa shape index (κ1) is 11.0. The molecule has 1 saturated carbocycles. The molecule has 18 heavy (non-hydrogen) atoms. The van der Waals surface area contributed by atoms with Gasteiger partial charge in [0.05, 0.1) is 11.9 Å².